The molecule has 0 atom stereocenters. The molecule has 0 heterocycles. The van der Waals surface area contributed by atoms with E-state index < -0.39 is 23.5 Å². The van der Waals surface area contributed by atoms with Gasteiger partial charge in [0.1, 0.15) is 5.82 Å². The second kappa shape index (κ2) is 6.60. The van der Waals surface area contributed by atoms with E-state index in [0.717, 1.165) is 11.6 Å². The van der Waals surface area contributed by atoms with E-state index in [0.29, 0.717) is 25.1 Å². The molecule has 0 fully saturated rings. The van der Waals surface area contributed by atoms with Crippen molar-refractivity contribution in [3.8, 4) is 0 Å². The second-order valence-electron chi connectivity index (χ2n) is 4.68. The molecule has 1 N–H and O–H groups in total. The van der Waals surface area contributed by atoms with Crippen LogP contribution in [0.5, 0.6) is 0 Å². The predicted octanol–water partition coefficient (Wildman–Crippen LogP) is 3.82. The summed E-state index contributed by atoms with van der Waals surface area (Å²) in [7, 11) is 0. The van der Waals surface area contributed by atoms with E-state index in [-0.39, 0.29) is 5.56 Å². The summed E-state index contributed by atoms with van der Waals surface area (Å²) in [5.41, 5.74) is -0.506. The Hall–Kier alpha value is -2.37. The Labute approximate surface area is 124 Å². The van der Waals surface area contributed by atoms with Crippen LogP contribution in [0.1, 0.15) is 21.5 Å². The van der Waals surface area contributed by atoms with E-state index in [9.17, 15) is 22.4 Å². The molecule has 6 heteroatoms. The number of benzene rings is 2. The Kier molecular flexibility index (Phi) is 4.80. The molecular formula is C16H13F4NO. The van der Waals surface area contributed by atoms with Gasteiger partial charge in [-0.05, 0) is 30.2 Å². The monoisotopic (exact) mass is 311 g/mol. The lowest BCUT2D eigenvalue weighted by molar-refractivity contribution is -0.140. The lowest BCUT2D eigenvalue weighted by Crippen LogP contribution is -2.26. The molecule has 2 nitrogen and oxygen atoms in total. The maximum absolute atomic E-state index is 13.4. The lowest BCUT2D eigenvalue weighted by Gasteiger charge is -2.10. The smallest absolute Gasteiger partial charge is 0.352 e. The van der Waals surface area contributed by atoms with Crippen LogP contribution >= 0.6 is 0 Å². The van der Waals surface area contributed by atoms with Crippen LogP contribution in [0.25, 0.3) is 0 Å². The average Bonchev–Trinajstić information content (AvgIpc) is 2.46. The highest BCUT2D eigenvalue weighted by Crippen LogP contribution is 2.31. The molecule has 0 spiro atoms. The van der Waals surface area contributed by atoms with Crippen LogP contribution in [0.2, 0.25) is 0 Å². The van der Waals surface area contributed by atoms with E-state index in [4.69, 9.17) is 0 Å². The molecule has 0 radical (unpaired) electrons. The summed E-state index contributed by atoms with van der Waals surface area (Å²) < 4.78 is 50.7. The maximum Gasteiger partial charge on any atom is 0.419 e. The SMILES string of the molecule is O=C(NCCc1ccccc1)c1ccc(C(F)(F)F)c(F)c1. The van der Waals surface area contributed by atoms with Crippen LogP contribution in [0.3, 0.4) is 0 Å². The lowest BCUT2D eigenvalue weighted by atomic mass is 10.1. The number of alkyl halides is 3. The number of nitrogens with one attached hydrogen (secondary N) is 1. The van der Waals surface area contributed by atoms with Crippen molar-refractivity contribution in [3.63, 3.8) is 0 Å². The number of amides is 1. The van der Waals surface area contributed by atoms with Gasteiger partial charge in [0.05, 0.1) is 5.56 Å². The first-order chi connectivity index (χ1) is 10.4. The number of carbonyl (C=O) groups is 1. The first kappa shape index (κ1) is 16.0. The standard InChI is InChI=1S/C16H13F4NO/c17-14-10-12(6-7-13(14)16(18,19)20)15(22)21-9-8-11-4-2-1-3-5-11/h1-7,10H,8-9H2,(H,21,22). The normalized spacial score (nSPS) is 11.3. The van der Waals surface area contributed by atoms with E-state index in [1.807, 2.05) is 30.3 Å². The third-order valence-electron chi connectivity index (χ3n) is 3.08. The Bertz CT molecular complexity index is 653. The summed E-state index contributed by atoms with van der Waals surface area (Å²) in [4.78, 5) is 11.8. The molecule has 2 aromatic rings. The highest BCUT2D eigenvalue weighted by Gasteiger charge is 2.34. The minimum Gasteiger partial charge on any atom is -0.352 e. The largest absolute Gasteiger partial charge is 0.419 e. The molecule has 0 saturated heterocycles. The second-order valence-corrected chi connectivity index (χ2v) is 4.68. The predicted molar refractivity (Wildman–Crippen MR) is 73.9 cm³/mol. The molecule has 1 amide bonds. The van der Waals surface area contributed by atoms with Crippen LogP contribution in [-0.2, 0) is 12.6 Å². The van der Waals surface area contributed by atoms with Crippen LogP contribution < -0.4 is 5.32 Å². The molecule has 116 valence electrons. The van der Waals surface area contributed by atoms with Gasteiger partial charge in [-0.3, -0.25) is 4.79 Å². The Morgan fingerprint density at radius 3 is 2.32 bits per heavy atom. The van der Waals surface area contributed by atoms with Crippen molar-refractivity contribution in [3.05, 3.63) is 71.0 Å². The van der Waals surface area contributed by atoms with Gasteiger partial charge in [-0.15, -0.1) is 0 Å². The maximum atomic E-state index is 13.4. The zero-order valence-electron chi connectivity index (χ0n) is 11.5. The minimum absolute atomic E-state index is 0.140. The summed E-state index contributed by atoms with van der Waals surface area (Å²) in [6, 6.07) is 11.5. The summed E-state index contributed by atoms with van der Waals surface area (Å²) in [5.74, 6) is -2.06. The molecule has 0 aromatic heterocycles. The highest BCUT2D eigenvalue weighted by atomic mass is 19.4. The van der Waals surface area contributed by atoms with Crippen molar-refractivity contribution in [2.24, 2.45) is 0 Å². The average molecular weight is 311 g/mol. The summed E-state index contributed by atoms with van der Waals surface area (Å²) in [6.45, 7) is 0.311. The van der Waals surface area contributed by atoms with Crippen molar-refractivity contribution in [2.75, 3.05) is 6.54 Å². The van der Waals surface area contributed by atoms with Crippen LogP contribution in [0.4, 0.5) is 17.6 Å². The molecule has 0 saturated carbocycles. The molecule has 2 aromatic carbocycles. The Morgan fingerprint density at radius 2 is 1.73 bits per heavy atom. The number of halogens is 4. The molecule has 0 aliphatic rings. The zero-order chi connectivity index (χ0) is 16.2. The summed E-state index contributed by atoms with van der Waals surface area (Å²) in [5, 5.41) is 2.55. The zero-order valence-corrected chi connectivity index (χ0v) is 11.5. The van der Waals surface area contributed by atoms with Gasteiger partial charge in [-0.1, -0.05) is 30.3 Å². The molecule has 0 unspecified atom stereocenters. The van der Waals surface area contributed by atoms with Gasteiger partial charge in [0.25, 0.3) is 5.91 Å². The van der Waals surface area contributed by atoms with Gasteiger partial charge in [-0.25, -0.2) is 4.39 Å². The molecule has 22 heavy (non-hydrogen) atoms. The molecule has 2 rings (SSSR count). The molecule has 0 bridgehead atoms. The Morgan fingerprint density at radius 1 is 1.05 bits per heavy atom. The van der Waals surface area contributed by atoms with Crippen molar-refractivity contribution in [2.45, 2.75) is 12.6 Å². The van der Waals surface area contributed by atoms with Crippen LogP contribution in [0.15, 0.2) is 48.5 Å². The van der Waals surface area contributed by atoms with Gasteiger partial charge in [0, 0.05) is 12.1 Å². The third-order valence-corrected chi connectivity index (χ3v) is 3.08. The summed E-state index contributed by atoms with van der Waals surface area (Å²) in [6.07, 6.45) is -4.19. The quantitative estimate of drug-likeness (QED) is 0.855. The van der Waals surface area contributed by atoms with E-state index in [1.54, 1.807) is 0 Å². The van der Waals surface area contributed by atoms with Gasteiger partial charge in [0.2, 0.25) is 0 Å². The molecule has 0 aliphatic carbocycles. The molecule has 0 aliphatic heterocycles. The van der Waals surface area contributed by atoms with Crippen LogP contribution in [0, 0.1) is 5.82 Å². The topological polar surface area (TPSA) is 29.1 Å². The van der Waals surface area contributed by atoms with Crippen molar-refractivity contribution >= 4 is 5.91 Å². The number of rotatable bonds is 4. The third kappa shape index (κ3) is 4.07. The van der Waals surface area contributed by atoms with E-state index >= 15 is 0 Å². The van der Waals surface area contributed by atoms with Crippen LogP contribution in [-0.4, -0.2) is 12.5 Å². The molecular weight excluding hydrogens is 298 g/mol. The Balaban J connectivity index is 1.97. The van der Waals surface area contributed by atoms with E-state index in [1.165, 1.54) is 0 Å². The van der Waals surface area contributed by atoms with Crippen molar-refractivity contribution in [1.82, 2.24) is 5.32 Å². The van der Waals surface area contributed by atoms with Gasteiger partial charge in [-0.2, -0.15) is 13.2 Å². The van der Waals surface area contributed by atoms with E-state index in [2.05, 4.69) is 5.32 Å². The first-order valence-corrected chi connectivity index (χ1v) is 6.57. The number of carbonyl (C=O) groups excluding carboxylic acids is 1. The van der Waals surface area contributed by atoms with Crippen molar-refractivity contribution < 1.29 is 22.4 Å². The minimum atomic E-state index is -4.77. The van der Waals surface area contributed by atoms with Gasteiger partial charge >= 0.3 is 6.18 Å². The highest BCUT2D eigenvalue weighted by molar-refractivity contribution is 5.94. The summed E-state index contributed by atoms with van der Waals surface area (Å²) >= 11 is 0. The number of hydrogen-bond donors (Lipinski definition) is 1. The number of hydrogen-bond acceptors (Lipinski definition) is 1. The fourth-order valence-corrected chi connectivity index (χ4v) is 1.95. The first-order valence-electron chi connectivity index (χ1n) is 6.57. The van der Waals surface area contributed by atoms with Gasteiger partial charge in [0.15, 0.2) is 0 Å². The van der Waals surface area contributed by atoms with Gasteiger partial charge < -0.3 is 5.32 Å². The van der Waals surface area contributed by atoms with Crippen molar-refractivity contribution in [1.29, 1.82) is 0 Å². The fourth-order valence-electron chi connectivity index (χ4n) is 1.95. The fraction of sp³-hybridized carbons (Fsp3) is 0.188.